The van der Waals surface area contributed by atoms with E-state index in [1.165, 1.54) is 42.3 Å². The summed E-state index contributed by atoms with van der Waals surface area (Å²) in [5.74, 6) is -0.344. The first-order valence-electron chi connectivity index (χ1n) is 12.7. The molecule has 3 aromatic carbocycles. The van der Waals surface area contributed by atoms with Crippen molar-refractivity contribution < 1.29 is 22.7 Å². The fourth-order valence-electron chi connectivity index (χ4n) is 3.90. The summed E-state index contributed by atoms with van der Waals surface area (Å²) in [5.41, 5.74) is 0.868. The molecule has 0 heterocycles. The van der Waals surface area contributed by atoms with Crippen molar-refractivity contribution in [2.45, 2.75) is 50.7 Å². The SMILES string of the molecule is CC[C@@H](C)NC(=O)[C@@H](C)N(Cc1cccc(OC)c1)C(=O)CN(c1ccc(Cl)c(Cl)c1)S(=O)(=O)c1ccccc1. The molecule has 3 aromatic rings. The van der Waals surface area contributed by atoms with Gasteiger partial charge >= 0.3 is 0 Å². The van der Waals surface area contributed by atoms with E-state index in [-0.39, 0.29) is 39.1 Å². The molecule has 0 unspecified atom stereocenters. The van der Waals surface area contributed by atoms with Gasteiger partial charge in [-0.3, -0.25) is 13.9 Å². The average molecular weight is 607 g/mol. The highest BCUT2D eigenvalue weighted by Crippen LogP contribution is 2.31. The highest BCUT2D eigenvalue weighted by molar-refractivity contribution is 7.92. The minimum atomic E-state index is -4.20. The molecule has 0 saturated carbocycles. The quantitative estimate of drug-likeness (QED) is 0.293. The molecule has 0 aliphatic rings. The van der Waals surface area contributed by atoms with Crippen molar-refractivity contribution in [3.8, 4) is 5.75 Å². The molecule has 0 bridgehead atoms. The Labute approximate surface area is 245 Å². The Morgan fingerprint density at radius 3 is 2.27 bits per heavy atom. The smallest absolute Gasteiger partial charge is 0.264 e. The lowest BCUT2D eigenvalue weighted by molar-refractivity contribution is -0.139. The Kier molecular flexibility index (Phi) is 10.8. The zero-order valence-electron chi connectivity index (χ0n) is 22.8. The largest absolute Gasteiger partial charge is 0.497 e. The van der Waals surface area contributed by atoms with E-state index in [2.05, 4.69) is 5.32 Å². The number of carbonyl (C=O) groups is 2. The summed E-state index contributed by atoms with van der Waals surface area (Å²) >= 11 is 12.3. The highest BCUT2D eigenvalue weighted by atomic mass is 35.5. The number of sulfonamides is 1. The van der Waals surface area contributed by atoms with Crippen LogP contribution in [0, 0.1) is 0 Å². The maximum Gasteiger partial charge on any atom is 0.264 e. The summed E-state index contributed by atoms with van der Waals surface area (Å²) in [4.78, 5) is 28.5. The lowest BCUT2D eigenvalue weighted by Gasteiger charge is -2.32. The third kappa shape index (κ3) is 7.68. The molecule has 8 nitrogen and oxygen atoms in total. The molecule has 0 aromatic heterocycles. The number of hydrogen-bond acceptors (Lipinski definition) is 5. The summed E-state index contributed by atoms with van der Waals surface area (Å²) in [6.45, 7) is 4.90. The number of carbonyl (C=O) groups excluding carboxylic acids is 2. The van der Waals surface area contributed by atoms with Crippen LogP contribution in [0.1, 0.15) is 32.8 Å². The van der Waals surface area contributed by atoms with Gasteiger partial charge in [-0.05, 0) is 68.3 Å². The molecule has 0 aliphatic heterocycles. The first kappa shape index (κ1) is 31.3. The maximum atomic E-state index is 14.0. The van der Waals surface area contributed by atoms with E-state index in [1.54, 1.807) is 49.4 Å². The Morgan fingerprint density at radius 1 is 0.950 bits per heavy atom. The molecule has 11 heteroatoms. The zero-order valence-corrected chi connectivity index (χ0v) is 25.1. The van der Waals surface area contributed by atoms with E-state index in [9.17, 15) is 18.0 Å². The van der Waals surface area contributed by atoms with E-state index in [0.717, 1.165) is 4.31 Å². The second kappa shape index (κ2) is 13.9. The van der Waals surface area contributed by atoms with Crippen molar-refractivity contribution in [3.05, 3.63) is 88.4 Å². The Hall–Kier alpha value is -3.27. The van der Waals surface area contributed by atoms with Crippen LogP contribution in [-0.4, -0.2) is 50.9 Å². The van der Waals surface area contributed by atoms with Gasteiger partial charge in [0.05, 0.1) is 27.7 Å². The van der Waals surface area contributed by atoms with Crippen molar-refractivity contribution in [1.29, 1.82) is 0 Å². The minimum Gasteiger partial charge on any atom is -0.497 e. The third-order valence-corrected chi connectivity index (χ3v) is 8.98. The van der Waals surface area contributed by atoms with Gasteiger partial charge in [0.2, 0.25) is 11.8 Å². The van der Waals surface area contributed by atoms with E-state index in [0.29, 0.717) is 17.7 Å². The second-order valence-electron chi connectivity index (χ2n) is 9.29. The van der Waals surface area contributed by atoms with Crippen LogP contribution in [0.4, 0.5) is 5.69 Å². The van der Waals surface area contributed by atoms with Crippen LogP contribution in [0.2, 0.25) is 10.0 Å². The standard InChI is InChI=1S/C29H33Cl2N3O5S/c1-5-20(2)32-29(36)21(3)33(18-22-10-9-11-24(16-22)39-4)28(35)19-34(23-14-15-26(30)27(31)17-23)40(37,38)25-12-7-6-8-13-25/h6-17,20-21H,5,18-19H2,1-4H3,(H,32,36)/t20-,21-/m1/s1. The Balaban J connectivity index is 2.05. The number of ether oxygens (including phenoxy) is 1. The monoisotopic (exact) mass is 605 g/mol. The summed E-state index contributed by atoms with van der Waals surface area (Å²) in [7, 11) is -2.67. The minimum absolute atomic E-state index is 0.00391. The van der Waals surface area contributed by atoms with Gasteiger partial charge in [-0.25, -0.2) is 8.42 Å². The first-order chi connectivity index (χ1) is 19.0. The second-order valence-corrected chi connectivity index (χ2v) is 12.0. The normalized spacial score (nSPS) is 12.8. The van der Waals surface area contributed by atoms with Crippen LogP contribution in [0.15, 0.2) is 77.7 Å². The van der Waals surface area contributed by atoms with Crippen molar-refractivity contribution in [2.75, 3.05) is 18.0 Å². The molecule has 214 valence electrons. The van der Waals surface area contributed by atoms with E-state index >= 15 is 0 Å². The molecule has 2 atom stereocenters. The summed E-state index contributed by atoms with van der Waals surface area (Å²) in [6, 6.07) is 18.2. The number of rotatable bonds is 12. The molecule has 0 aliphatic carbocycles. The first-order valence-corrected chi connectivity index (χ1v) is 14.9. The predicted molar refractivity (Wildman–Crippen MR) is 158 cm³/mol. The topological polar surface area (TPSA) is 96.0 Å². The lowest BCUT2D eigenvalue weighted by atomic mass is 10.1. The van der Waals surface area contributed by atoms with Crippen molar-refractivity contribution in [2.24, 2.45) is 0 Å². The molecule has 0 saturated heterocycles. The molecule has 0 radical (unpaired) electrons. The van der Waals surface area contributed by atoms with Gasteiger partial charge in [0.1, 0.15) is 18.3 Å². The van der Waals surface area contributed by atoms with E-state index < -0.39 is 28.5 Å². The van der Waals surface area contributed by atoms with Crippen LogP contribution in [-0.2, 0) is 26.2 Å². The van der Waals surface area contributed by atoms with Gasteiger partial charge in [-0.2, -0.15) is 0 Å². The van der Waals surface area contributed by atoms with Crippen molar-refractivity contribution in [3.63, 3.8) is 0 Å². The summed E-state index contributed by atoms with van der Waals surface area (Å²) in [6.07, 6.45) is 0.711. The number of benzene rings is 3. The maximum absolute atomic E-state index is 14.0. The van der Waals surface area contributed by atoms with Gasteiger partial charge in [-0.1, -0.05) is 60.5 Å². The molecule has 1 N–H and O–H groups in total. The zero-order chi connectivity index (χ0) is 29.4. The van der Waals surface area contributed by atoms with Crippen LogP contribution >= 0.6 is 23.2 Å². The van der Waals surface area contributed by atoms with Gasteiger partial charge in [0.15, 0.2) is 0 Å². The summed E-state index contributed by atoms with van der Waals surface area (Å²) < 4.78 is 33.9. The Bertz CT molecular complexity index is 1440. The van der Waals surface area contributed by atoms with Crippen LogP contribution in [0.3, 0.4) is 0 Å². The molecule has 3 rings (SSSR count). The van der Waals surface area contributed by atoms with Crippen molar-refractivity contribution in [1.82, 2.24) is 10.2 Å². The predicted octanol–water partition coefficient (Wildman–Crippen LogP) is 5.53. The lowest BCUT2D eigenvalue weighted by Crippen LogP contribution is -2.52. The fraction of sp³-hybridized carbons (Fsp3) is 0.310. The van der Waals surface area contributed by atoms with Gasteiger partial charge < -0.3 is 15.0 Å². The molecule has 0 fully saturated rings. The van der Waals surface area contributed by atoms with Crippen LogP contribution in [0.25, 0.3) is 0 Å². The molecular weight excluding hydrogens is 573 g/mol. The number of methoxy groups -OCH3 is 1. The van der Waals surface area contributed by atoms with E-state index in [4.69, 9.17) is 27.9 Å². The van der Waals surface area contributed by atoms with Gasteiger partial charge in [0, 0.05) is 12.6 Å². The van der Waals surface area contributed by atoms with Crippen LogP contribution < -0.4 is 14.4 Å². The molecule has 0 spiro atoms. The third-order valence-electron chi connectivity index (χ3n) is 6.46. The molecular formula is C29H33Cl2N3O5S. The number of anilines is 1. The number of halogens is 2. The summed E-state index contributed by atoms with van der Waals surface area (Å²) in [5, 5.41) is 3.28. The molecule has 2 amide bonds. The number of nitrogens with one attached hydrogen (secondary N) is 1. The van der Waals surface area contributed by atoms with Gasteiger partial charge in [0.25, 0.3) is 10.0 Å². The van der Waals surface area contributed by atoms with Crippen molar-refractivity contribution >= 4 is 50.7 Å². The fourth-order valence-corrected chi connectivity index (χ4v) is 5.62. The number of nitrogens with zero attached hydrogens (tertiary/aromatic N) is 2. The van der Waals surface area contributed by atoms with Crippen LogP contribution in [0.5, 0.6) is 5.75 Å². The highest BCUT2D eigenvalue weighted by Gasteiger charge is 2.33. The Morgan fingerprint density at radius 2 is 1.65 bits per heavy atom. The number of hydrogen-bond donors (Lipinski definition) is 1. The molecule has 40 heavy (non-hydrogen) atoms. The number of amides is 2. The van der Waals surface area contributed by atoms with Gasteiger partial charge in [-0.15, -0.1) is 0 Å². The van der Waals surface area contributed by atoms with E-state index in [1.807, 2.05) is 13.8 Å². The average Bonchev–Trinajstić information content (AvgIpc) is 2.96.